The number of aryl methyl sites for hydroxylation is 2. The number of rotatable bonds is 4. The van der Waals surface area contributed by atoms with Gasteiger partial charge in [0.1, 0.15) is 5.65 Å². The van der Waals surface area contributed by atoms with E-state index in [4.69, 9.17) is 4.98 Å². The Balaban J connectivity index is 1.35. The molecule has 134 valence electrons. The van der Waals surface area contributed by atoms with E-state index in [-0.39, 0.29) is 5.56 Å². The molecule has 1 fully saturated rings. The first-order chi connectivity index (χ1) is 12.8. The number of pyridine rings is 1. The zero-order valence-electron chi connectivity index (χ0n) is 14.8. The van der Waals surface area contributed by atoms with Crippen LogP contribution in [-0.2, 0) is 25.9 Å². The van der Waals surface area contributed by atoms with Crippen molar-refractivity contribution in [3.63, 3.8) is 0 Å². The highest BCUT2D eigenvalue weighted by Crippen LogP contribution is 2.22. The smallest absolute Gasteiger partial charge is 0.267 e. The van der Waals surface area contributed by atoms with Crippen molar-refractivity contribution < 1.29 is 0 Å². The summed E-state index contributed by atoms with van der Waals surface area (Å²) in [5, 5.41) is 4.65. The molecule has 2 aliphatic rings. The summed E-state index contributed by atoms with van der Waals surface area (Å²) < 4.78 is 3.75. The molecule has 0 amide bonds. The van der Waals surface area contributed by atoms with Crippen molar-refractivity contribution in [1.29, 1.82) is 0 Å². The van der Waals surface area contributed by atoms with Crippen LogP contribution in [0.4, 0.5) is 0 Å². The molecule has 1 saturated heterocycles. The summed E-state index contributed by atoms with van der Waals surface area (Å²) in [5.41, 5.74) is 4.38. The molecule has 26 heavy (non-hydrogen) atoms. The second-order valence-electron chi connectivity index (χ2n) is 7.46. The number of nitrogens with zero attached hydrogens (tertiary/aromatic N) is 5. The number of hydrogen-bond acceptors (Lipinski definition) is 4. The fourth-order valence-electron chi connectivity index (χ4n) is 4.35. The normalized spacial score (nSPS) is 20.1. The van der Waals surface area contributed by atoms with E-state index >= 15 is 0 Å². The van der Waals surface area contributed by atoms with Crippen LogP contribution in [0.15, 0.2) is 41.5 Å². The molecular weight excluding hydrogens is 326 g/mol. The van der Waals surface area contributed by atoms with Crippen molar-refractivity contribution in [3.05, 3.63) is 64.0 Å². The van der Waals surface area contributed by atoms with E-state index in [0.717, 1.165) is 67.8 Å². The summed E-state index contributed by atoms with van der Waals surface area (Å²) in [6.45, 7) is 2.56. The predicted molar refractivity (Wildman–Crippen MR) is 99.1 cm³/mol. The van der Waals surface area contributed by atoms with Gasteiger partial charge in [0.15, 0.2) is 0 Å². The van der Waals surface area contributed by atoms with Crippen molar-refractivity contribution in [2.24, 2.45) is 0 Å². The molecule has 0 saturated carbocycles. The standard InChI is InChI=1S/C20H23N5O/c26-20-11-15-5-3-7-18(15)22-25(20)14-17-6-4-10-23(17)12-16-13-24-9-2-1-8-19(24)21-16/h1-2,8-9,11,13,17H,3-7,10,12,14H2. The van der Waals surface area contributed by atoms with Crippen LogP contribution in [-0.4, -0.2) is 36.7 Å². The lowest BCUT2D eigenvalue weighted by Crippen LogP contribution is -2.37. The highest BCUT2D eigenvalue weighted by atomic mass is 16.1. The third kappa shape index (κ3) is 2.84. The predicted octanol–water partition coefficient (Wildman–Crippen LogP) is 2.04. The number of imidazole rings is 1. The minimum absolute atomic E-state index is 0.0465. The molecule has 3 aromatic heterocycles. The van der Waals surface area contributed by atoms with Crippen LogP contribution in [0.5, 0.6) is 0 Å². The monoisotopic (exact) mass is 349 g/mol. The van der Waals surface area contributed by atoms with Crippen LogP contribution in [0.1, 0.15) is 36.2 Å². The lowest BCUT2D eigenvalue weighted by Gasteiger charge is -2.24. The van der Waals surface area contributed by atoms with E-state index in [2.05, 4.69) is 20.6 Å². The first-order valence-corrected chi connectivity index (χ1v) is 9.53. The Kier molecular flexibility index (Phi) is 3.85. The first-order valence-electron chi connectivity index (χ1n) is 9.53. The molecule has 4 heterocycles. The van der Waals surface area contributed by atoms with Gasteiger partial charge in [0, 0.05) is 31.0 Å². The average Bonchev–Trinajstić information content (AvgIpc) is 3.35. The van der Waals surface area contributed by atoms with E-state index < -0.39 is 0 Å². The van der Waals surface area contributed by atoms with E-state index in [9.17, 15) is 4.79 Å². The van der Waals surface area contributed by atoms with Gasteiger partial charge in [0.2, 0.25) is 0 Å². The van der Waals surface area contributed by atoms with E-state index in [1.807, 2.05) is 24.4 Å². The van der Waals surface area contributed by atoms with Crippen molar-refractivity contribution in [3.8, 4) is 0 Å². The van der Waals surface area contributed by atoms with Crippen LogP contribution >= 0.6 is 0 Å². The largest absolute Gasteiger partial charge is 0.307 e. The molecule has 6 nitrogen and oxygen atoms in total. The Bertz CT molecular complexity index is 972. The van der Waals surface area contributed by atoms with Crippen molar-refractivity contribution >= 4 is 5.65 Å². The summed E-state index contributed by atoms with van der Waals surface area (Å²) in [7, 11) is 0. The minimum Gasteiger partial charge on any atom is -0.307 e. The minimum atomic E-state index is 0.0465. The molecule has 0 spiro atoms. The molecule has 1 unspecified atom stereocenters. The fraction of sp³-hybridized carbons (Fsp3) is 0.450. The van der Waals surface area contributed by atoms with Crippen LogP contribution < -0.4 is 5.56 Å². The third-order valence-corrected chi connectivity index (χ3v) is 5.69. The van der Waals surface area contributed by atoms with Crippen LogP contribution in [0, 0.1) is 0 Å². The van der Waals surface area contributed by atoms with Gasteiger partial charge in [-0.2, -0.15) is 5.10 Å². The Morgan fingerprint density at radius 2 is 2.15 bits per heavy atom. The van der Waals surface area contributed by atoms with Crippen LogP contribution in [0.25, 0.3) is 5.65 Å². The molecule has 0 bridgehead atoms. The van der Waals surface area contributed by atoms with Gasteiger partial charge in [-0.05, 0) is 56.3 Å². The highest BCUT2D eigenvalue weighted by molar-refractivity contribution is 5.39. The van der Waals surface area contributed by atoms with Gasteiger partial charge in [0.25, 0.3) is 5.56 Å². The lowest BCUT2D eigenvalue weighted by atomic mass is 10.2. The Morgan fingerprint density at radius 3 is 3.08 bits per heavy atom. The van der Waals surface area contributed by atoms with Crippen molar-refractivity contribution in [2.75, 3.05) is 6.54 Å². The molecule has 5 rings (SSSR count). The molecule has 0 N–H and O–H groups in total. The summed E-state index contributed by atoms with van der Waals surface area (Å²) in [6, 6.07) is 8.21. The van der Waals surface area contributed by atoms with E-state index in [0.29, 0.717) is 12.6 Å². The Labute approximate surface area is 152 Å². The maximum Gasteiger partial charge on any atom is 0.267 e. The fourth-order valence-corrected chi connectivity index (χ4v) is 4.35. The SMILES string of the molecule is O=c1cc2c(nn1CC1CCCN1Cc1cn3ccccc3n1)CCC2. The Morgan fingerprint density at radius 1 is 1.19 bits per heavy atom. The summed E-state index contributed by atoms with van der Waals surface area (Å²) in [5.74, 6) is 0. The molecule has 6 heteroatoms. The number of hydrogen-bond donors (Lipinski definition) is 0. The zero-order chi connectivity index (χ0) is 17.5. The quantitative estimate of drug-likeness (QED) is 0.723. The third-order valence-electron chi connectivity index (χ3n) is 5.69. The van der Waals surface area contributed by atoms with Crippen LogP contribution in [0.2, 0.25) is 0 Å². The topological polar surface area (TPSA) is 55.4 Å². The Hall–Kier alpha value is -2.47. The first kappa shape index (κ1) is 15.8. The van der Waals surface area contributed by atoms with Crippen molar-refractivity contribution in [1.82, 2.24) is 24.1 Å². The maximum atomic E-state index is 12.4. The van der Waals surface area contributed by atoms with Gasteiger partial charge in [-0.1, -0.05) is 6.07 Å². The van der Waals surface area contributed by atoms with E-state index in [1.54, 1.807) is 10.7 Å². The van der Waals surface area contributed by atoms with Crippen molar-refractivity contribution in [2.45, 2.75) is 51.2 Å². The van der Waals surface area contributed by atoms with Crippen LogP contribution in [0.3, 0.4) is 0 Å². The number of aromatic nitrogens is 4. The summed E-state index contributed by atoms with van der Waals surface area (Å²) >= 11 is 0. The second-order valence-corrected chi connectivity index (χ2v) is 7.46. The molecule has 3 aromatic rings. The molecule has 1 aliphatic heterocycles. The number of likely N-dealkylation sites (tertiary alicyclic amines) is 1. The molecule has 0 radical (unpaired) electrons. The van der Waals surface area contributed by atoms with Gasteiger partial charge in [-0.25, -0.2) is 9.67 Å². The van der Waals surface area contributed by atoms with Gasteiger partial charge < -0.3 is 4.40 Å². The zero-order valence-corrected chi connectivity index (χ0v) is 14.8. The van der Waals surface area contributed by atoms with E-state index in [1.165, 1.54) is 0 Å². The molecule has 1 aliphatic carbocycles. The van der Waals surface area contributed by atoms with Gasteiger partial charge in [-0.15, -0.1) is 0 Å². The van der Waals surface area contributed by atoms with Gasteiger partial charge in [-0.3, -0.25) is 9.69 Å². The molecule has 1 atom stereocenters. The maximum absolute atomic E-state index is 12.4. The van der Waals surface area contributed by atoms with Gasteiger partial charge >= 0.3 is 0 Å². The highest BCUT2D eigenvalue weighted by Gasteiger charge is 2.27. The summed E-state index contributed by atoms with van der Waals surface area (Å²) in [6.07, 6.45) is 9.53. The molecule has 0 aromatic carbocycles. The second kappa shape index (κ2) is 6.36. The molecular formula is C20H23N5O. The average molecular weight is 349 g/mol. The van der Waals surface area contributed by atoms with Gasteiger partial charge in [0.05, 0.1) is 17.9 Å². The summed E-state index contributed by atoms with van der Waals surface area (Å²) in [4.78, 5) is 19.6. The lowest BCUT2D eigenvalue weighted by molar-refractivity contribution is 0.214. The number of fused-ring (bicyclic) bond motifs is 2.